The van der Waals surface area contributed by atoms with Gasteiger partial charge in [-0.3, -0.25) is 4.79 Å². The number of nitrogens with zero attached hydrogens (tertiary/aromatic N) is 2. The Balaban J connectivity index is 1.83. The number of urea groups is 1. The molecule has 0 bridgehead atoms. The Morgan fingerprint density at radius 1 is 1.04 bits per heavy atom. The number of rotatable bonds is 3. The van der Waals surface area contributed by atoms with Crippen molar-refractivity contribution in [3.63, 3.8) is 0 Å². The summed E-state index contributed by atoms with van der Waals surface area (Å²) in [6.07, 6.45) is 2.83. The molecule has 0 aliphatic carbocycles. The molecule has 1 N–H and O–H groups in total. The molecule has 0 aromatic heterocycles. The molecular weight excluding hydrogens is 306 g/mol. The van der Waals surface area contributed by atoms with Crippen LogP contribution in [-0.2, 0) is 9.53 Å². The van der Waals surface area contributed by atoms with Gasteiger partial charge in [0.05, 0.1) is 6.10 Å². The van der Waals surface area contributed by atoms with Crippen molar-refractivity contribution in [2.45, 2.75) is 59.1 Å². The second-order valence-corrected chi connectivity index (χ2v) is 7.64. The van der Waals surface area contributed by atoms with Gasteiger partial charge in [0.2, 0.25) is 5.91 Å². The van der Waals surface area contributed by atoms with Crippen molar-refractivity contribution >= 4 is 11.9 Å². The molecule has 6 heteroatoms. The molecule has 2 rings (SSSR count). The maximum Gasteiger partial charge on any atom is 0.317 e. The topological polar surface area (TPSA) is 61.9 Å². The van der Waals surface area contributed by atoms with E-state index in [4.69, 9.17) is 4.74 Å². The van der Waals surface area contributed by atoms with Crippen molar-refractivity contribution in [2.75, 3.05) is 32.8 Å². The van der Waals surface area contributed by atoms with Gasteiger partial charge in [0.1, 0.15) is 0 Å². The fourth-order valence-electron chi connectivity index (χ4n) is 3.40. The van der Waals surface area contributed by atoms with Gasteiger partial charge in [0.15, 0.2) is 0 Å². The zero-order chi connectivity index (χ0) is 17.7. The minimum atomic E-state index is 0.00301. The van der Waals surface area contributed by atoms with Crippen LogP contribution in [0.4, 0.5) is 4.79 Å². The molecule has 2 saturated heterocycles. The average molecular weight is 339 g/mol. The van der Waals surface area contributed by atoms with Gasteiger partial charge in [0, 0.05) is 44.7 Å². The van der Waals surface area contributed by atoms with Crippen LogP contribution in [0.3, 0.4) is 0 Å². The number of hydrogen-bond acceptors (Lipinski definition) is 3. The molecule has 2 heterocycles. The average Bonchev–Trinajstić information content (AvgIpc) is 2.80. The number of carbonyl (C=O) groups excluding carboxylic acids is 2. The Morgan fingerprint density at radius 3 is 2.38 bits per heavy atom. The molecule has 24 heavy (non-hydrogen) atoms. The van der Waals surface area contributed by atoms with E-state index < -0.39 is 0 Å². The normalized spacial score (nSPS) is 25.8. The summed E-state index contributed by atoms with van der Waals surface area (Å²) in [5.74, 6) is 0.667. The van der Waals surface area contributed by atoms with E-state index in [1.165, 1.54) is 0 Å². The third-order valence-electron chi connectivity index (χ3n) is 4.97. The SMILES string of the molecule is CC(C)C(=O)N1CCCN(C(=O)N[C@@H]2CCO[C@@H](C(C)C)C2)CC1. The van der Waals surface area contributed by atoms with Gasteiger partial charge in [-0.2, -0.15) is 0 Å². The molecule has 138 valence electrons. The Bertz CT molecular complexity index is 439. The van der Waals surface area contributed by atoms with Crippen molar-refractivity contribution in [2.24, 2.45) is 11.8 Å². The number of nitrogens with one attached hydrogen (secondary N) is 1. The molecule has 2 fully saturated rings. The third-order valence-corrected chi connectivity index (χ3v) is 4.97. The Hall–Kier alpha value is -1.30. The summed E-state index contributed by atoms with van der Waals surface area (Å²) in [6, 6.07) is 0.193. The first-order chi connectivity index (χ1) is 11.4. The minimum Gasteiger partial charge on any atom is -0.378 e. The van der Waals surface area contributed by atoms with Gasteiger partial charge in [-0.05, 0) is 25.2 Å². The van der Waals surface area contributed by atoms with E-state index in [2.05, 4.69) is 19.2 Å². The first-order valence-corrected chi connectivity index (χ1v) is 9.34. The van der Waals surface area contributed by atoms with Gasteiger partial charge in [-0.15, -0.1) is 0 Å². The molecular formula is C18H33N3O3. The summed E-state index contributed by atoms with van der Waals surface area (Å²) in [6.45, 7) is 11.6. The predicted octanol–water partition coefficient (Wildman–Crippen LogP) is 2.09. The number of hydrogen-bond donors (Lipinski definition) is 1. The van der Waals surface area contributed by atoms with Crippen molar-refractivity contribution in [1.29, 1.82) is 0 Å². The zero-order valence-electron chi connectivity index (χ0n) is 15.6. The summed E-state index contributed by atoms with van der Waals surface area (Å²) >= 11 is 0. The maximum atomic E-state index is 12.6. The van der Waals surface area contributed by atoms with Crippen molar-refractivity contribution in [1.82, 2.24) is 15.1 Å². The number of ether oxygens (including phenoxy) is 1. The third kappa shape index (κ3) is 5.10. The molecule has 2 aliphatic rings. The first kappa shape index (κ1) is 19.0. The second-order valence-electron chi connectivity index (χ2n) is 7.64. The molecule has 6 nitrogen and oxygen atoms in total. The molecule has 3 amide bonds. The second kappa shape index (κ2) is 8.70. The van der Waals surface area contributed by atoms with Crippen LogP contribution in [0.1, 0.15) is 47.0 Å². The van der Waals surface area contributed by atoms with E-state index in [0.717, 1.165) is 25.8 Å². The van der Waals surface area contributed by atoms with Crippen LogP contribution in [0.2, 0.25) is 0 Å². The highest BCUT2D eigenvalue weighted by Crippen LogP contribution is 2.20. The standard InChI is InChI=1S/C18H33N3O3/c1-13(2)16-12-15(6-11-24-16)19-18(23)21-8-5-7-20(9-10-21)17(22)14(3)4/h13-16H,5-12H2,1-4H3,(H,19,23)/t15-,16-/m1/s1. The summed E-state index contributed by atoms with van der Waals surface area (Å²) < 4.78 is 5.77. The predicted molar refractivity (Wildman–Crippen MR) is 93.7 cm³/mol. The van der Waals surface area contributed by atoms with Crippen molar-refractivity contribution in [3.8, 4) is 0 Å². The maximum absolute atomic E-state index is 12.6. The Labute approximate surface area is 145 Å². The summed E-state index contributed by atoms with van der Waals surface area (Å²) in [5, 5.41) is 3.17. The summed E-state index contributed by atoms with van der Waals surface area (Å²) in [5.41, 5.74) is 0. The lowest BCUT2D eigenvalue weighted by Crippen LogP contribution is -2.49. The lowest BCUT2D eigenvalue weighted by molar-refractivity contribution is -0.134. The molecule has 2 atom stereocenters. The van der Waals surface area contributed by atoms with Gasteiger partial charge in [0.25, 0.3) is 0 Å². The molecule has 0 aromatic rings. The zero-order valence-corrected chi connectivity index (χ0v) is 15.6. The number of carbonyl (C=O) groups is 2. The van der Waals surface area contributed by atoms with Crippen LogP contribution in [0.15, 0.2) is 0 Å². The molecule has 0 unspecified atom stereocenters. The Kier molecular flexibility index (Phi) is 6.90. The van der Waals surface area contributed by atoms with E-state index in [1.54, 1.807) is 0 Å². The van der Waals surface area contributed by atoms with E-state index >= 15 is 0 Å². The van der Waals surface area contributed by atoms with Gasteiger partial charge in [-0.1, -0.05) is 27.7 Å². The van der Waals surface area contributed by atoms with Crippen LogP contribution in [0, 0.1) is 11.8 Å². The van der Waals surface area contributed by atoms with Crippen molar-refractivity contribution < 1.29 is 14.3 Å². The lowest BCUT2D eigenvalue weighted by atomic mass is 9.95. The highest BCUT2D eigenvalue weighted by Gasteiger charge is 2.28. The summed E-state index contributed by atoms with van der Waals surface area (Å²) in [7, 11) is 0. The van der Waals surface area contributed by atoms with E-state index in [9.17, 15) is 9.59 Å². The molecule has 0 spiro atoms. The minimum absolute atomic E-state index is 0.00301. The van der Waals surface area contributed by atoms with E-state index in [1.807, 2.05) is 23.6 Å². The largest absolute Gasteiger partial charge is 0.378 e. The van der Waals surface area contributed by atoms with Crippen LogP contribution < -0.4 is 5.32 Å². The molecule has 0 aromatic carbocycles. The van der Waals surface area contributed by atoms with Gasteiger partial charge in [-0.25, -0.2) is 4.79 Å². The van der Waals surface area contributed by atoms with Crippen LogP contribution in [0.5, 0.6) is 0 Å². The smallest absolute Gasteiger partial charge is 0.317 e. The first-order valence-electron chi connectivity index (χ1n) is 9.34. The van der Waals surface area contributed by atoms with Crippen molar-refractivity contribution in [3.05, 3.63) is 0 Å². The molecule has 0 saturated carbocycles. The number of amides is 3. The van der Waals surface area contributed by atoms with E-state index in [0.29, 0.717) is 32.2 Å². The van der Waals surface area contributed by atoms with Crippen LogP contribution in [0.25, 0.3) is 0 Å². The van der Waals surface area contributed by atoms with Gasteiger partial charge >= 0.3 is 6.03 Å². The fourth-order valence-corrected chi connectivity index (χ4v) is 3.40. The fraction of sp³-hybridized carbons (Fsp3) is 0.889. The van der Waals surface area contributed by atoms with Crippen LogP contribution in [-0.4, -0.2) is 66.7 Å². The Morgan fingerprint density at radius 2 is 1.71 bits per heavy atom. The molecule has 2 aliphatic heterocycles. The lowest BCUT2D eigenvalue weighted by Gasteiger charge is -2.33. The monoisotopic (exact) mass is 339 g/mol. The highest BCUT2D eigenvalue weighted by molar-refractivity contribution is 5.78. The summed E-state index contributed by atoms with van der Waals surface area (Å²) in [4.78, 5) is 28.5. The van der Waals surface area contributed by atoms with Crippen LogP contribution >= 0.6 is 0 Å². The molecule has 0 radical (unpaired) electrons. The van der Waals surface area contributed by atoms with Gasteiger partial charge < -0.3 is 19.9 Å². The quantitative estimate of drug-likeness (QED) is 0.856. The van der Waals surface area contributed by atoms with E-state index in [-0.39, 0.29) is 30.0 Å². The highest BCUT2D eigenvalue weighted by atomic mass is 16.5.